The van der Waals surface area contributed by atoms with E-state index in [2.05, 4.69) is 153 Å². The zero-order chi connectivity index (χ0) is 25.9. The molecule has 0 aliphatic rings. The Balaban J connectivity index is 1.73. The number of hydrogen-bond acceptors (Lipinski definition) is 2. The third kappa shape index (κ3) is 5.46. The Labute approximate surface area is 222 Å². The molecule has 0 aromatic heterocycles. The molecule has 0 amide bonds. The smallest absolute Gasteiger partial charge is 0.114 e. The van der Waals surface area contributed by atoms with Gasteiger partial charge in [-0.2, -0.15) is 0 Å². The molecule has 2 nitrogen and oxygen atoms in total. The topological polar surface area (TPSA) is 6.48 Å². The molecule has 5 rings (SSSR count). The lowest BCUT2D eigenvalue weighted by atomic mass is 9.94. The first kappa shape index (κ1) is 24.5. The van der Waals surface area contributed by atoms with E-state index in [4.69, 9.17) is 7.85 Å². The van der Waals surface area contributed by atoms with Crippen LogP contribution in [0.1, 0.15) is 22.3 Å². The van der Waals surface area contributed by atoms with Crippen LogP contribution >= 0.6 is 0 Å². The van der Waals surface area contributed by atoms with E-state index in [-0.39, 0.29) is 0 Å². The van der Waals surface area contributed by atoms with Crippen molar-refractivity contribution >= 4 is 47.4 Å². The second-order valence-electron chi connectivity index (χ2n) is 9.81. The minimum atomic E-state index is 0.711. The summed E-state index contributed by atoms with van der Waals surface area (Å²) in [4.78, 5) is 4.56. The number of nitrogens with zero attached hydrogens (tertiary/aromatic N) is 2. The maximum absolute atomic E-state index is 6.61. The van der Waals surface area contributed by atoms with Gasteiger partial charge in [-0.25, -0.2) is 0 Å². The van der Waals surface area contributed by atoms with Crippen molar-refractivity contribution in [1.29, 1.82) is 0 Å². The Morgan fingerprint density at radius 2 is 0.676 bits per heavy atom. The van der Waals surface area contributed by atoms with E-state index in [1.54, 1.807) is 0 Å². The molecular formula is C34H31BN2. The molecule has 0 heterocycles. The summed E-state index contributed by atoms with van der Waals surface area (Å²) in [5.41, 5.74) is 12.0. The summed E-state index contributed by atoms with van der Waals surface area (Å²) in [6.07, 6.45) is 0. The first-order valence-corrected chi connectivity index (χ1v) is 12.6. The fourth-order valence-corrected chi connectivity index (χ4v) is 4.84. The molecule has 0 bridgehead atoms. The summed E-state index contributed by atoms with van der Waals surface area (Å²) in [5, 5.41) is 0. The Hall–Kier alpha value is -4.24. The molecule has 37 heavy (non-hydrogen) atoms. The second-order valence-corrected chi connectivity index (χ2v) is 9.81. The number of hydrogen-bond donors (Lipinski definition) is 0. The summed E-state index contributed by atoms with van der Waals surface area (Å²) < 4.78 is 0. The normalized spacial score (nSPS) is 10.8. The molecule has 0 spiro atoms. The van der Waals surface area contributed by atoms with Gasteiger partial charge in [0, 0.05) is 34.1 Å². The van der Waals surface area contributed by atoms with Crippen molar-refractivity contribution in [1.82, 2.24) is 0 Å². The molecule has 0 aliphatic heterocycles. The number of rotatable bonds is 6. The van der Waals surface area contributed by atoms with Gasteiger partial charge in [-0.3, -0.25) is 0 Å². The van der Waals surface area contributed by atoms with Crippen molar-refractivity contribution in [3.63, 3.8) is 0 Å². The van der Waals surface area contributed by atoms with Crippen LogP contribution in [-0.2, 0) is 0 Å². The van der Waals surface area contributed by atoms with E-state index in [1.165, 1.54) is 22.3 Å². The van der Waals surface area contributed by atoms with E-state index < -0.39 is 0 Å². The largest absolute Gasteiger partial charge is 0.310 e. The summed E-state index contributed by atoms with van der Waals surface area (Å²) in [5.74, 6) is 0. The van der Waals surface area contributed by atoms with Gasteiger partial charge in [0.2, 0.25) is 0 Å². The lowest BCUT2D eigenvalue weighted by Crippen LogP contribution is -2.17. The number of aryl methyl sites for hydroxylation is 4. The fourth-order valence-electron chi connectivity index (χ4n) is 4.84. The number of benzene rings is 5. The van der Waals surface area contributed by atoms with Gasteiger partial charge in [-0.15, -0.1) is 0 Å². The summed E-state index contributed by atoms with van der Waals surface area (Å²) in [7, 11) is 6.61. The van der Waals surface area contributed by atoms with Crippen molar-refractivity contribution in [2.75, 3.05) is 9.80 Å². The van der Waals surface area contributed by atoms with Gasteiger partial charge in [-0.1, -0.05) is 54.0 Å². The van der Waals surface area contributed by atoms with Crippen LogP contribution in [0, 0.1) is 27.7 Å². The predicted octanol–water partition coefficient (Wildman–Crippen LogP) is 8.65. The van der Waals surface area contributed by atoms with Crippen molar-refractivity contribution in [3.05, 3.63) is 138 Å². The van der Waals surface area contributed by atoms with Gasteiger partial charge in [-0.05, 0) is 117 Å². The maximum atomic E-state index is 6.61. The quantitative estimate of drug-likeness (QED) is 0.225. The van der Waals surface area contributed by atoms with Crippen LogP contribution in [0.25, 0.3) is 0 Å². The highest BCUT2D eigenvalue weighted by molar-refractivity contribution is 6.33. The highest BCUT2D eigenvalue weighted by Gasteiger charge is 2.18. The Morgan fingerprint density at radius 1 is 0.378 bits per heavy atom. The van der Waals surface area contributed by atoms with Gasteiger partial charge in [0.05, 0.1) is 0 Å². The minimum absolute atomic E-state index is 0.711. The highest BCUT2D eigenvalue weighted by atomic mass is 15.2. The van der Waals surface area contributed by atoms with E-state index in [0.29, 0.717) is 5.46 Å². The van der Waals surface area contributed by atoms with E-state index in [1.807, 2.05) is 0 Å². The fraction of sp³-hybridized carbons (Fsp3) is 0.118. The Kier molecular flexibility index (Phi) is 6.88. The molecule has 0 saturated carbocycles. The van der Waals surface area contributed by atoms with Crippen LogP contribution in [0.2, 0.25) is 0 Å². The molecule has 2 radical (unpaired) electrons. The zero-order valence-corrected chi connectivity index (χ0v) is 21.9. The van der Waals surface area contributed by atoms with Crippen LogP contribution in [0.3, 0.4) is 0 Å². The molecular weight excluding hydrogens is 447 g/mol. The summed E-state index contributed by atoms with van der Waals surface area (Å²) in [6, 6.07) is 40.7. The molecule has 0 N–H and O–H groups in total. The minimum Gasteiger partial charge on any atom is -0.310 e. The van der Waals surface area contributed by atoms with Crippen LogP contribution in [0.4, 0.5) is 34.1 Å². The lowest BCUT2D eigenvalue weighted by Gasteiger charge is -2.30. The molecule has 0 saturated heterocycles. The molecule has 180 valence electrons. The summed E-state index contributed by atoms with van der Waals surface area (Å²) in [6.45, 7) is 8.50. The zero-order valence-electron chi connectivity index (χ0n) is 21.9. The van der Waals surface area contributed by atoms with Crippen molar-refractivity contribution in [2.24, 2.45) is 0 Å². The molecule has 0 aliphatic carbocycles. The third-order valence-corrected chi connectivity index (χ3v) is 6.48. The van der Waals surface area contributed by atoms with E-state index in [9.17, 15) is 0 Å². The van der Waals surface area contributed by atoms with Gasteiger partial charge < -0.3 is 9.80 Å². The standard InChI is InChI=1S/C34H31BN2/c1-24-9-5-13-29(17-24)36(30-14-6-10-25(2)18-30)33-21-28(35)22-34(23-33)37(31-15-7-11-26(3)19-31)32-16-8-12-27(4)20-32/h5-23H,1-4H3. The van der Waals surface area contributed by atoms with E-state index >= 15 is 0 Å². The molecule has 0 fully saturated rings. The van der Waals surface area contributed by atoms with Gasteiger partial charge in [0.1, 0.15) is 7.85 Å². The molecule has 3 heteroatoms. The maximum Gasteiger partial charge on any atom is 0.114 e. The monoisotopic (exact) mass is 478 g/mol. The Morgan fingerprint density at radius 3 is 0.946 bits per heavy atom. The van der Waals surface area contributed by atoms with Gasteiger partial charge in [0.25, 0.3) is 0 Å². The summed E-state index contributed by atoms with van der Waals surface area (Å²) >= 11 is 0. The van der Waals surface area contributed by atoms with Gasteiger partial charge >= 0.3 is 0 Å². The van der Waals surface area contributed by atoms with Crippen molar-refractivity contribution < 1.29 is 0 Å². The molecule has 5 aromatic carbocycles. The average Bonchev–Trinajstić information content (AvgIpc) is 2.84. The third-order valence-electron chi connectivity index (χ3n) is 6.48. The average molecular weight is 478 g/mol. The molecule has 0 unspecified atom stereocenters. The first-order valence-electron chi connectivity index (χ1n) is 12.6. The molecule has 5 aromatic rings. The Bertz CT molecular complexity index is 1350. The van der Waals surface area contributed by atoms with Crippen molar-refractivity contribution in [3.8, 4) is 0 Å². The number of anilines is 6. The second kappa shape index (κ2) is 10.4. The SMILES string of the molecule is [B]c1cc(N(c2cccc(C)c2)c2cccc(C)c2)cc(N(c2cccc(C)c2)c2cccc(C)c2)c1. The van der Waals surface area contributed by atoms with Crippen LogP contribution in [-0.4, -0.2) is 7.85 Å². The molecule has 0 atom stereocenters. The first-order chi connectivity index (χ1) is 17.9. The van der Waals surface area contributed by atoms with Gasteiger partial charge in [0.15, 0.2) is 0 Å². The van der Waals surface area contributed by atoms with Crippen LogP contribution in [0.15, 0.2) is 115 Å². The van der Waals surface area contributed by atoms with Crippen LogP contribution in [0.5, 0.6) is 0 Å². The lowest BCUT2D eigenvalue weighted by molar-refractivity contribution is 1.23. The van der Waals surface area contributed by atoms with E-state index in [0.717, 1.165) is 34.1 Å². The predicted molar refractivity (Wildman–Crippen MR) is 160 cm³/mol. The van der Waals surface area contributed by atoms with Crippen molar-refractivity contribution in [2.45, 2.75) is 27.7 Å². The highest BCUT2D eigenvalue weighted by Crippen LogP contribution is 2.40. The van der Waals surface area contributed by atoms with Crippen LogP contribution < -0.4 is 15.3 Å².